The van der Waals surface area contributed by atoms with Crippen LogP contribution in [0.2, 0.25) is 0 Å². The number of carbonyl (C=O) groups excluding carboxylic acids is 2. The number of hydrogen-bond acceptors (Lipinski definition) is 4. The van der Waals surface area contributed by atoms with Gasteiger partial charge in [0.2, 0.25) is 11.8 Å². The van der Waals surface area contributed by atoms with E-state index >= 15 is 0 Å². The van der Waals surface area contributed by atoms with E-state index < -0.39 is 0 Å². The first-order valence-corrected chi connectivity index (χ1v) is 8.19. The molecule has 0 bridgehead atoms. The van der Waals surface area contributed by atoms with Crippen molar-refractivity contribution >= 4 is 23.2 Å². The molecule has 0 heterocycles. The Hall–Kier alpha value is -3.02. The summed E-state index contributed by atoms with van der Waals surface area (Å²) in [4.78, 5) is 27.1. The zero-order valence-corrected chi connectivity index (χ0v) is 15.8. The molecule has 2 aromatic rings. The van der Waals surface area contributed by atoms with Crippen molar-refractivity contribution in [2.24, 2.45) is 0 Å². The number of methoxy groups -OCH3 is 2. The number of nitrogens with zero attached hydrogens (tertiary/aromatic N) is 2. The van der Waals surface area contributed by atoms with Crippen LogP contribution < -0.4 is 19.3 Å². The number of benzene rings is 2. The summed E-state index contributed by atoms with van der Waals surface area (Å²) in [5.74, 6) is 1.12. The van der Waals surface area contributed by atoms with Crippen molar-refractivity contribution in [1.82, 2.24) is 0 Å². The predicted octanol–water partition coefficient (Wildman–Crippen LogP) is 2.89. The average Bonchev–Trinajstić information content (AvgIpc) is 2.66. The molecule has 0 N–H and O–H groups in total. The first kappa shape index (κ1) is 19.3. The fraction of sp³-hybridized carbons (Fsp3) is 0.300. The minimum atomic E-state index is -0.0510. The van der Waals surface area contributed by atoms with Crippen molar-refractivity contribution in [3.63, 3.8) is 0 Å². The summed E-state index contributed by atoms with van der Waals surface area (Å²) in [6.07, 6.45) is 0.242. The molecule has 0 saturated heterocycles. The molecule has 2 amide bonds. The molecule has 26 heavy (non-hydrogen) atoms. The van der Waals surface area contributed by atoms with E-state index in [-0.39, 0.29) is 18.2 Å². The predicted molar refractivity (Wildman–Crippen MR) is 102 cm³/mol. The smallest absolute Gasteiger partial charge is 0.231 e. The van der Waals surface area contributed by atoms with Crippen LogP contribution in [0.3, 0.4) is 0 Å². The van der Waals surface area contributed by atoms with Crippen LogP contribution in [0.25, 0.3) is 0 Å². The van der Waals surface area contributed by atoms with Crippen LogP contribution in [0.1, 0.15) is 12.5 Å². The second-order valence-electron chi connectivity index (χ2n) is 5.91. The number of hydrogen-bond donors (Lipinski definition) is 0. The molecule has 0 aliphatic rings. The third-order valence-corrected chi connectivity index (χ3v) is 4.27. The van der Waals surface area contributed by atoms with Gasteiger partial charge >= 0.3 is 0 Å². The lowest BCUT2D eigenvalue weighted by molar-refractivity contribution is -0.118. The Kier molecular flexibility index (Phi) is 6.22. The summed E-state index contributed by atoms with van der Waals surface area (Å²) in [5.41, 5.74) is 2.38. The van der Waals surface area contributed by atoms with Crippen molar-refractivity contribution in [1.29, 1.82) is 0 Å². The highest BCUT2D eigenvalue weighted by molar-refractivity contribution is 5.95. The quantitative estimate of drug-likeness (QED) is 0.799. The molecule has 0 aliphatic carbocycles. The lowest BCUT2D eigenvalue weighted by Crippen LogP contribution is -2.28. The monoisotopic (exact) mass is 356 g/mol. The van der Waals surface area contributed by atoms with Gasteiger partial charge in [-0.1, -0.05) is 6.07 Å². The molecular weight excluding hydrogens is 332 g/mol. The molecule has 2 rings (SSSR count). The number of anilines is 2. The minimum Gasteiger partial charge on any atom is -0.493 e. The molecule has 0 aliphatic heterocycles. The maximum Gasteiger partial charge on any atom is 0.231 e. The van der Waals surface area contributed by atoms with Gasteiger partial charge in [-0.25, -0.2) is 0 Å². The van der Waals surface area contributed by atoms with E-state index in [1.165, 1.54) is 6.92 Å². The standard InChI is InChI=1S/C20H24N2O4/c1-14(23)21(2)16-7-9-17(10-8-16)22(3)20(24)13-15-6-11-18(25-4)19(12-15)26-5/h6-12H,13H2,1-5H3. The van der Waals surface area contributed by atoms with Gasteiger partial charge in [0.1, 0.15) is 0 Å². The van der Waals surface area contributed by atoms with Gasteiger partial charge in [0.05, 0.1) is 20.6 Å². The van der Waals surface area contributed by atoms with Crippen LogP contribution >= 0.6 is 0 Å². The molecule has 0 saturated carbocycles. The molecule has 0 radical (unpaired) electrons. The van der Waals surface area contributed by atoms with E-state index in [0.29, 0.717) is 11.5 Å². The van der Waals surface area contributed by atoms with E-state index in [1.807, 2.05) is 30.3 Å². The van der Waals surface area contributed by atoms with Crippen molar-refractivity contribution < 1.29 is 19.1 Å². The van der Waals surface area contributed by atoms with Crippen LogP contribution in [0.4, 0.5) is 11.4 Å². The Balaban J connectivity index is 2.11. The van der Waals surface area contributed by atoms with Crippen LogP contribution in [0.5, 0.6) is 11.5 Å². The number of rotatable bonds is 6. The molecule has 6 heteroatoms. The van der Waals surface area contributed by atoms with Gasteiger partial charge in [0.15, 0.2) is 11.5 Å². The maximum atomic E-state index is 12.6. The van der Waals surface area contributed by atoms with Crippen LogP contribution in [-0.2, 0) is 16.0 Å². The summed E-state index contributed by atoms with van der Waals surface area (Å²) in [6.45, 7) is 1.51. The topological polar surface area (TPSA) is 59.1 Å². The summed E-state index contributed by atoms with van der Waals surface area (Å²) in [6, 6.07) is 12.7. The second-order valence-corrected chi connectivity index (χ2v) is 5.91. The largest absolute Gasteiger partial charge is 0.493 e. The fourth-order valence-corrected chi connectivity index (χ4v) is 2.51. The third kappa shape index (κ3) is 4.33. The molecule has 0 atom stereocenters. The van der Waals surface area contributed by atoms with Gasteiger partial charge < -0.3 is 19.3 Å². The van der Waals surface area contributed by atoms with Gasteiger partial charge in [-0.3, -0.25) is 9.59 Å². The number of likely N-dealkylation sites (N-methyl/N-ethyl adjacent to an activating group) is 1. The zero-order chi connectivity index (χ0) is 19.3. The Morgan fingerprint density at radius 3 is 1.88 bits per heavy atom. The van der Waals surface area contributed by atoms with Gasteiger partial charge in [-0.2, -0.15) is 0 Å². The van der Waals surface area contributed by atoms with Crippen LogP contribution in [-0.4, -0.2) is 40.1 Å². The highest BCUT2D eigenvalue weighted by Gasteiger charge is 2.14. The van der Waals surface area contributed by atoms with E-state index in [1.54, 1.807) is 50.2 Å². The summed E-state index contributed by atoms with van der Waals surface area (Å²) < 4.78 is 10.5. The lowest BCUT2D eigenvalue weighted by Gasteiger charge is -2.20. The number of ether oxygens (including phenoxy) is 2. The summed E-state index contributed by atoms with van der Waals surface area (Å²) in [7, 11) is 6.58. The molecule has 0 spiro atoms. The van der Waals surface area contributed by atoms with E-state index in [4.69, 9.17) is 9.47 Å². The normalized spacial score (nSPS) is 10.2. The molecule has 6 nitrogen and oxygen atoms in total. The van der Waals surface area contributed by atoms with E-state index in [0.717, 1.165) is 16.9 Å². The first-order valence-electron chi connectivity index (χ1n) is 8.19. The van der Waals surface area contributed by atoms with Crippen molar-refractivity contribution in [2.45, 2.75) is 13.3 Å². The summed E-state index contributed by atoms with van der Waals surface area (Å²) >= 11 is 0. The minimum absolute atomic E-state index is 0.0457. The molecule has 2 aromatic carbocycles. The van der Waals surface area contributed by atoms with Crippen LogP contribution in [0, 0.1) is 0 Å². The molecule has 0 aromatic heterocycles. The Bertz CT molecular complexity index is 787. The Morgan fingerprint density at radius 1 is 0.846 bits per heavy atom. The van der Waals surface area contributed by atoms with Crippen molar-refractivity contribution in [3.8, 4) is 11.5 Å². The number of carbonyl (C=O) groups is 2. The molecule has 0 fully saturated rings. The fourth-order valence-electron chi connectivity index (χ4n) is 2.51. The zero-order valence-electron chi connectivity index (χ0n) is 15.8. The van der Waals surface area contributed by atoms with E-state index in [9.17, 15) is 9.59 Å². The Labute approximate surface area is 153 Å². The SMILES string of the molecule is COc1ccc(CC(=O)N(C)c2ccc(N(C)C(C)=O)cc2)cc1OC. The lowest BCUT2D eigenvalue weighted by atomic mass is 10.1. The highest BCUT2D eigenvalue weighted by atomic mass is 16.5. The van der Waals surface area contributed by atoms with Gasteiger partial charge in [-0.05, 0) is 42.0 Å². The van der Waals surface area contributed by atoms with Gasteiger partial charge in [0.25, 0.3) is 0 Å². The first-order chi connectivity index (χ1) is 12.4. The van der Waals surface area contributed by atoms with Gasteiger partial charge in [0, 0.05) is 32.4 Å². The molecule has 138 valence electrons. The van der Waals surface area contributed by atoms with E-state index in [2.05, 4.69) is 0 Å². The van der Waals surface area contributed by atoms with Crippen molar-refractivity contribution in [3.05, 3.63) is 48.0 Å². The van der Waals surface area contributed by atoms with Crippen LogP contribution in [0.15, 0.2) is 42.5 Å². The highest BCUT2D eigenvalue weighted by Crippen LogP contribution is 2.28. The molecular formula is C20H24N2O4. The second kappa shape index (κ2) is 8.38. The van der Waals surface area contributed by atoms with Gasteiger partial charge in [-0.15, -0.1) is 0 Å². The number of amides is 2. The van der Waals surface area contributed by atoms with Crippen molar-refractivity contribution in [2.75, 3.05) is 38.1 Å². The summed E-state index contributed by atoms with van der Waals surface area (Å²) in [5, 5.41) is 0. The maximum absolute atomic E-state index is 12.6. The average molecular weight is 356 g/mol. The molecule has 0 unspecified atom stereocenters. The third-order valence-electron chi connectivity index (χ3n) is 4.27. The Morgan fingerprint density at radius 2 is 1.38 bits per heavy atom.